The summed E-state index contributed by atoms with van der Waals surface area (Å²) < 4.78 is 1.05. The number of benzene rings is 1. The van der Waals surface area contributed by atoms with E-state index >= 15 is 0 Å². The van der Waals surface area contributed by atoms with Gasteiger partial charge >= 0.3 is 0 Å². The SMILES string of the molecule is Brc1cccc(-c2[c]c[nH]n2)c1. The van der Waals surface area contributed by atoms with E-state index in [0.717, 1.165) is 15.7 Å². The average molecular weight is 222 g/mol. The molecule has 3 heteroatoms. The summed E-state index contributed by atoms with van der Waals surface area (Å²) in [5.74, 6) is 0. The Balaban J connectivity index is 2.48. The highest BCUT2D eigenvalue weighted by atomic mass is 79.9. The molecule has 1 radical (unpaired) electrons. The summed E-state index contributed by atoms with van der Waals surface area (Å²) in [6.07, 6.45) is 1.69. The van der Waals surface area contributed by atoms with Crippen LogP contribution in [0.2, 0.25) is 0 Å². The first kappa shape index (κ1) is 7.55. The molecule has 0 spiro atoms. The van der Waals surface area contributed by atoms with Gasteiger partial charge in [0.15, 0.2) is 0 Å². The first-order valence-electron chi connectivity index (χ1n) is 3.53. The summed E-state index contributed by atoms with van der Waals surface area (Å²) in [4.78, 5) is 0. The maximum atomic E-state index is 4.03. The van der Waals surface area contributed by atoms with E-state index in [1.54, 1.807) is 6.20 Å². The molecule has 1 aromatic heterocycles. The number of hydrogen-bond donors (Lipinski definition) is 1. The van der Waals surface area contributed by atoms with Crippen LogP contribution in [0.5, 0.6) is 0 Å². The van der Waals surface area contributed by atoms with E-state index in [1.807, 2.05) is 24.3 Å². The molecule has 1 heterocycles. The lowest BCUT2D eigenvalue weighted by atomic mass is 10.2. The highest BCUT2D eigenvalue weighted by Crippen LogP contribution is 2.19. The van der Waals surface area contributed by atoms with Gasteiger partial charge < -0.3 is 0 Å². The van der Waals surface area contributed by atoms with Crippen molar-refractivity contribution in [2.75, 3.05) is 0 Å². The number of nitrogens with zero attached hydrogens (tertiary/aromatic N) is 1. The Bertz CT molecular complexity index is 368. The fourth-order valence-corrected chi connectivity index (χ4v) is 1.41. The lowest BCUT2D eigenvalue weighted by Crippen LogP contribution is -1.77. The summed E-state index contributed by atoms with van der Waals surface area (Å²) in [7, 11) is 0. The molecule has 0 unspecified atom stereocenters. The Hall–Kier alpha value is -1.09. The molecule has 0 aliphatic rings. The third-order valence-corrected chi connectivity index (χ3v) is 2.04. The largest absolute Gasteiger partial charge is 0.284 e. The zero-order valence-electron chi connectivity index (χ0n) is 6.21. The molecule has 1 aromatic carbocycles. The van der Waals surface area contributed by atoms with Crippen LogP contribution < -0.4 is 0 Å². The lowest BCUT2D eigenvalue weighted by Gasteiger charge is -1.95. The van der Waals surface area contributed by atoms with E-state index in [9.17, 15) is 0 Å². The fraction of sp³-hybridized carbons (Fsp3) is 0. The van der Waals surface area contributed by atoms with Gasteiger partial charge in [-0.3, -0.25) is 5.10 Å². The molecular formula is C9H6BrN2. The predicted octanol–water partition coefficient (Wildman–Crippen LogP) is 2.64. The van der Waals surface area contributed by atoms with Crippen molar-refractivity contribution in [3.05, 3.63) is 41.0 Å². The molecule has 0 aliphatic heterocycles. The molecule has 0 saturated carbocycles. The van der Waals surface area contributed by atoms with Crippen molar-refractivity contribution in [2.45, 2.75) is 0 Å². The van der Waals surface area contributed by atoms with Gasteiger partial charge in [-0.2, -0.15) is 5.10 Å². The van der Waals surface area contributed by atoms with Gasteiger partial charge in [-0.25, -0.2) is 0 Å². The van der Waals surface area contributed by atoms with Crippen LogP contribution in [0.1, 0.15) is 0 Å². The monoisotopic (exact) mass is 221 g/mol. The number of halogens is 1. The summed E-state index contributed by atoms with van der Waals surface area (Å²) >= 11 is 3.40. The molecule has 12 heavy (non-hydrogen) atoms. The van der Waals surface area contributed by atoms with Crippen LogP contribution >= 0.6 is 15.9 Å². The molecule has 0 saturated heterocycles. The highest BCUT2D eigenvalue weighted by molar-refractivity contribution is 9.10. The van der Waals surface area contributed by atoms with Crippen molar-refractivity contribution in [1.29, 1.82) is 0 Å². The van der Waals surface area contributed by atoms with Crippen LogP contribution in [0.3, 0.4) is 0 Å². The predicted molar refractivity (Wildman–Crippen MR) is 50.6 cm³/mol. The molecule has 0 fully saturated rings. The maximum absolute atomic E-state index is 4.03. The van der Waals surface area contributed by atoms with E-state index < -0.39 is 0 Å². The summed E-state index contributed by atoms with van der Waals surface area (Å²) in [6, 6.07) is 11.0. The average Bonchev–Trinajstić information content (AvgIpc) is 2.56. The van der Waals surface area contributed by atoms with Crippen LogP contribution in [0.25, 0.3) is 11.3 Å². The van der Waals surface area contributed by atoms with Crippen molar-refractivity contribution in [3.8, 4) is 11.3 Å². The van der Waals surface area contributed by atoms with E-state index in [1.165, 1.54) is 0 Å². The molecule has 2 rings (SSSR count). The van der Waals surface area contributed by atoms with Gasteiger partial charge in [-0.05, 0) is 12.1 Å². The lowest BCUT2D eigenvalue weighted by molar-refractivity contribution is 1.10. The Labute approximate surface area is 78.8 Å². The van der Waals surface area contributed by atoms with Crippen LogP contribution in [0.4, 0.5) is 0 Å². The highest BCUT2D eigenvalue weighted by Gasteiger charge is 1.98. The molecule has 59 valence electrons. The number of H-pyrrole nitrogens is 1. The van der Waals surface area contributed by atoms with Crippen molar-refractivity contribution in [1.82, 2.24) is 10.2 Å². The van der Waals surface area contributed by atoms with Gasteiger partial charge in [-0.15, -0.1) is 0 Å². The number of rotatable bonds is 1. The smallest absolute Gasteiger partial charge is 0.100 e. The van der Waals surface area contributed by atoms with Gasteiger partial charge in [0.1, 0.15) is 5.69 Å². The Morgan fingerprint density at radius 3 is 3.00 bits per heavy atom. The Morgan fingerprint density at radius 2 is 2.33 bits per heavy atom. The molecule has 2 aromatic rings. The van der Waals surface area contributed by atoms with Crippen LogP contribution in [0.15, 0.2) is 34.9 Å². The van der Waals surface area contributed by atoms with Gasteiger partial charge in [-0.1, -0.05) is 28.1 Å². The van der Waals surface area contributed by atoms with E-state index in [4.69, 9.17) is 0 Å². The minimum Gasteiger partial charge on any atom is -0.284 e. The van der Waals surface area contributed by atoms with E-state index in [-0.39, 0.29) is 0 Å². The van der Waals surface area contributed by atoms with Crippen molar-refractivity contribution in [3.63, 3.8) is 0 Å². The maximum Gasteiger partial charge on any atom is 0.100 e. The van der Waals surface area contributed by atoms with Gasteiger partial charge in [0.25, 0.3) is 0 Å². The van der Waals surface area contributed by atoms with Crippen LogP contribution in [-0.2, 0) is 0 Å². The van der Waals surface area contributed by atoms with Gasteiger partial charge in [0.05, 0.1) is 0 Å². The number of aromatic amines is 1. The molecule has 0 aliphatic carbocycles. The standard InChI is InChI=1S/C9H6BrN2/c10-8-3-1-2-7(6-8)9-4-5-11-12-9/h1-3,5-6H,(H,11,12). The first-order chi connectivity index (χ1) is 5.86. The molecule has 0 atom stereocenters. The zero-order valence-corrected chi connectivity index (χ0v) is 7.80. The number of nitrogens with one attached hydrogen (secondary N) is 1. The minimum absolute atomic E-state index is 0.844. The normalized spacial score (nSPS) is 10.1. The topological polar surface area (TPSA) is 28.7 Å². The Kier molecular flexibility index (Phi) is 1.96. The summed E-state index contributed by atoms with van der Waals surface area (Å²) in [5, 5.41) is 6.75. The second-order valence-electron chi connectivity index (χ2n) is 2.39. The number of aromatic nitrogens is 2. The second-order valence-corrected chi connectivity index (χ2v) is 3.30. The molecule has 0 amide bonds. The molecule has 1 N–H and O–H groups in total. The van der Waals surface area contributed by atoms with E-state index in [0.29, 0.717) is 0 Å². The zero-order chi connectivity index (χ0) is 8.39. The van der Waals surface area contributed by atoms with Crippen LogP contribution in [-0.4, -0.2) is 10.2 Å². The van der Waals surface area contributed by atoms with E-state index in [2.05, 4.69) is 32.2 Å². The molecule has 0 bridgehead atoms. The number of hydrogen-bond acceptors (Lipinski definition) is 1. The Morgan fingerprint density at radius 1 is 1.42 bits per heavy atom. The fourth-order valence-electron chi connectivity index (χ4n) is 1.01. The van der Waals surface area contributed by atoms with Crippen LogP contribution in [0, 0.1) is 6.07 Å². The molecular weight excluding hydrogens is 216 g/mol. The quantitative estimate of drug-likeness (QED) is 0.789. The van der Waals surface area contributed by atoms with Crippen molar-refractivity contribution in [2.24, 2.45) is 0 Å². The summed E-state index contributed by atoms with van der Waals surface area (Å²) in [5.41, 5.74) is 1.90. The summed E-state index contributed by atoms with van der Waals surface area (Å²) in [6.45, 7) is 0. The van der Waals surface area contributed by atoms with Gasteiger partial charge in [0.2, 0.25) is 0 Å². The van der Waals surface area contributed by atoms with Crippen molar-refractivity contribution < 1.29 is 0 Å². The third kappa shape index (κ3) is 1.41. The van der Waals surface area contributed by atoms with Gasteiger partial charge in [0, 0.05) is 22.3 Å². The minimum atomic E-state index is 0.844. The first-order valence-corrected chi connectivity index (χ1v) is 4.33. The third-order valence-electron chi connectivity index (χ3n) is 1.55. The molecule has 2 nitrogen and oxygen atoms in total. The second kappa shape index (κ2) is 3.11. The van der Waals surface area contributed by atoms with Crippen molar-refractivity contribution >= 4 is 15.9 Å².